The lowest BCUT2D eigenvalue weighted by molar-refractivity contribution is -0.385. The third-order valence-corrected chi connectivity index (χ3v) is 6.47. The van der Waals surface area contributed by atoms with E-state index in [0.29, 0.717) is 10.6 Å². The molecule has 2 atom stereocenters. The van der Waals surface area contributed by atoms with Crippen molar-refractivity contribution < 1.29 is 14.5 Å². The molecular weight excluding hydrogens is 478 g/mol. The van der Waals surface area contributed by atoms with Crippen molar-refractivity contribution in [3.63, 3.8) is 0 Å². The molecule has 0 aliphatic heterocycles. The SMILES string of the molecule is CC[C@@H](C)NC(=O)[C@H](Cc1ccccc1)N(Cc1ccccc1Cl)C(=O)Cc1ccccc1[N+](=O)[O-]. The highest BCUT2D eigenvalue weighted by Gasteiger charge is 2.32. The van der Waals surface area contributed by atoms with Gasteiger partial charge < -0.3 is 10.2 Å². The molecule has 2 amide bonds. The number of nitrogens with one attached hydrogen (secondary N) is 1. The molecule has 0 unspecified atom stereocenters. The third-order valence-electron chi connectivity index (χ3n) is 6.10. The molecule has 7 nitrogen and oxygen atoms in total. The lowest BCUT2D eigenvalue weighted by atomic mass is 10.0. The van der Waals surface area contributed by atoms with E-state index in [9.17, 15) is 19.7 Å². The summed E-state index contributed by atoms with van der Waals surface area (Å²) in [5.41, 5.74) is 1.73. The summed E-state index contributed by atoms with van der Waals surface area (Å²) in [6.07, 6.45) is 0.804. The summed E-state index contributed by atoms with van der Waals surface area (Å²) < 4.78 is 0. The Hall–Kier alpha value is -3.71. The fourth-order valence-electron chi connectivity index (χ4n) is 3.91. The van der Waals surface area contributed by atoms with E-state index in [-0.39, 0.29) is 42.6 Å². The Morgan fingerprint density at radius 1 is 0.972 bits per heavy atom. The Morgan fingerprint density at radius 3 is 2.22 bits per heavy atom. The van der Waals surface area contributed by atoms with Crippen LogP contribution < -0.4 is 5.32 Å². The highest BCUT2D eigenvalue weighted by Crippen LogP contribution is 2.24. The number of carbonyl (C=O) groups excluding carboxylic acids is 2. The minimum absolute atomic E-state index is 0.0803. The number of para-hydroxylation sites is 1. The molecule has 3 aromatic rings. The number of amides is 2. The van der Waals surface area contributed by atoms with Gasteiger partial charge in [0.05, 0.1) is 11.3 Å². The second-order valence-corrected chi connectivity index (χ2v) is 9.11. The molecule has 0 heterocycles. The highest BCUT2D eigenvalue weighted by atomic mass is 35.5. The first kappa shape index (κ1) is 26.9. The standard InChI is InChI=1S/C28H30ClN3O4/c1-3-20(2)30-28(34)26(17-21-11-5-4-6-12-21)31(19-23-14-7-9-15-24(23)29)27(33)18-22-13-8-10-16-25(22)32(35)36/h4-16,20,26H,3,17-19H2,1-2H3,(H,30,34)/t20-,26+/m1/s1. The van der Waals surface area contributed by atoms with Gasteiger partial charge in [0, 0.05) is 35.7 Å². The molecule has 188 valence electrons. The summed E-state index contributed by atoms with van der Waals surface area (Å²) in [6, 6.07) is 21.8. The fraction of sp³-hybridized carbons (Fsp3) is 0.286. The van der Waals surface area contributed by atoms with Gasteiger partial charge in [-0.2, -0.15) is 0 Å². The predicted octanol–water partition coefficient (Wildman–Crippen LogP) is 5.35. The number of nitrogens with zero attached hydrogens (tertiary/aromatic N) is 2. The summed E-state index contributed by atoms with van der Waals surface area (Å²) in [6.45, 7) is 3.97. The van der Waals surface area contributed by atoms with Crippen molar-refractivity contribution in [2.24, 2.45) is 0 Å². The van der Waals surface area contributed by atoms with Crippen molar-refractivity contribution >= 4 is 29.1 Å². The number of hydrogen-bond donors (Lipinski definition) is 1. The zero-order valence-electron chi connectivity index (χ0n) is 20.4. The van der Waals surface area contributed by atoms with E-state index in [1.165, 1.54) is 11.0 Å². The first-order valence-corrected chi connectivity index (χ1v) is 12.3. The van der Waals surface area contributed by atoms with E-state index in [1.54, 1.807) is 36.4 Å². The molecule has 0 bridgehead atoms. The van der Waals surface area contributed by atoms with Crippen LogP contribution in [0.15, 0.2) is 78.9 Å². The molecular formula is C28H30ClN3O4. The monoisotopic (exact) mass is 507 g/mol. The molecule has 3 rings (SSSR count). The van der Waals surface area contributed by atoms with Gasteiger partial charge in [-0.25, -0.2) is 0 Å². The summed E-state index contributed by atoms with van der Waals surface area (Å²) in [7, 11) is 0. The minimum atomic E-state index is -0.840. The van der Waals surface area contributed by atoms with E-state index < -0.39 is 16.9 Å². The summed E-state index contributed by atoms with van der Waals surface area (Å²) >= 11 is 6.42. The van der Waals surface area contributed by atoms with Crippen LogP contribution >= 0.6 is 11.6 Å². The van der Waals surface area contributed by atoms with Crippen molar-refractivity contribution in [2.45, 2.75) is 51.7 Å². The van der Waals surface area contributed by atoms with Gasteiger partial charge in [-0.05, 0) is 30.5 Å². The molecule has 3 aromatic carbocycles. The minimum Gasteiger partial charge on any atom is -0.352 e. The van der Waals surface area contributed by atoms with Crippen molar-refractivity contribution in [1.82, 2.24) is 10.2 Å². The number of rotatable bonds is 11. The second-order valence-electron chi connectivity index (χ2n) is 8.70. The number of hydrogen-bond acceptors (Lipinski definition) is 4. The van der Waals surface area contributed by atoms with E-state index in [4.69, 9.17) is 11.6 Å². The summed E-state index contributed by atoms with van der Waals surface area (Å²) in [5, 5.41) is 15.0. The number of benzene rings is 3. The molecule has 0 radical (unpaired) electrons. The average Bonchev–Trinajstić information content (AvgIpc) is 2.87. The van der Waals surface area contributed by atoms with Gasteiger partial charge in [-0.1, -0.05) is 85.3 Å². The van der Waals surface area contributed by atoms with Crippen LogP contribution in [0.4, 0.5) is 5.69 Å². The molecule has 1 N–H and O–H groups in total. The van der Waals surface area contributed by atoms with E-state index >= 15 is 0 Å². The third kappa shape index (κ3) is 7.15. The van der Waals surface area contributed by atoms with Gasteiger partial charge in [0.15, 0.2) is 0 Å². The smallest absolute Gasteiger partial charge is 0.273 e. The number of carbonyl (C=O) groups is 2. The molecule has 0 saturated carbocycles. The lowest BCUT2D eigenvalue weighted by Gasteiger charge is -2.32. The topological polar surface area (TPSA) is 92.6 Å². The van der Waals surface area contributed by atoms with E-state index in [2.05, 4.69) is 5.32 Å². The zero-order chi connectivity index (χ0) is 26.1. The van der Waals surface area contributed by atoms with Crippen LogP contribution in [0.5, 0.6) is 0 Å². The summed E-state index contributed by atoms with van der Waals surface area (Å²) in [5.74, 6) is -0.680. The van der Waals surface area contributed by atoms with Crippen LogP contribution in [0.1, 0.15) is 37.0 Å². The zero-order valence-corrected chi connectivity index (χ0v) is 21.1. The fourth-order valence-corrected chi connectivity index (χ4v) is 4.10. The lowest BCUT2D eigenvalue weighted by Crippen LogP contribution is -2.52. The van der Waals surface area contributed by atoms with Gasteiger partial charge in [-0.15, -0.1) is 0 Å². The summed E-state index contributed by atoms with van der Waals surface area (Å²) in [4.78, 5) is 39.8. The molecule has 36 heavy (non-hydrogen) atoms. The molecule has 0 saturated heterocycles. The average molecular weight is 508 g/mol. The van der Waals surface area contributed by atoms with Crippen LogP contribution in [0.3, 0.4) is 0 Å². The van der Waals surface area contributed by atoms with Gasteiger partial charge in [0.2, 0.25) is 11.8 Å². The maximum Gasteiger partial charge on any atom is 0.273 e. The second kappa shape index (κ2) is 12.8. The van der Waals surface area contributed by atoms with Gasteiger partial charge in [0.25, 0.3) is 5.69 Å². The first-order valence-electron chi connectivity index (χ1n) is 11.9. The van der Waals surface area contributed by atoms with Gasteiger partial charge in [0.1, 0.15) is 6.04 Å². The molecule has 0 aromatic heterocycles. The Kier molecular flexibility index (Phi) is 9.59. The number of nitro groups is 1. The molecule has 0 aliphatic carbocycles. The Balaban J connectivity index is 2.03. The predicted molar refractivity (Wildman–Crippen MR) is 141 cm³/mol. The van der Waals surface area contributed by atoms with Crippen LogP contribution in [-0.4, -0.2) is 33.7 Å². The maximum absolute atomic E-state index is 13.8. The largest absolute Gasteiger partial charge is 0.352 e. The molecule has 0 spiro atoms. The quantitative estimate of drug-likeness (QED) is 0.280. The highest BCUT2D eigenvalue weighted by molar-refractivity contribution is 6.31. The Morgan fingerprint density at radius 2 is 1.58 bits per heavy atom. The van der Waals surface area contributed by atoms with Crippen molar-refractivity contribution in [2.75, 3.05) is 0 Å². The van der Waals surface area contributed by atoms with Crippen LogP contribution in [-0.2, 0) is 29.0 Å². The number of nitro benzene ring substituents is 1. The van der Waals surface area contributed by atoms with Crippen molar-refractivity contribution in [1.29, 1.82) is 0 Å². The van der Waals surface area contributed by atoms with Crippen LogP contribution in [0, 0.1) is 10.1 Å². The molecule has 0 aliphatic rings. The van der Waals surface area contributed by atoms with Gasteiger partial charge >= 0.3 is 0 Å². The van der Waals surface area contributed by atoms with E-state index in [1.807, 2.05) is 50.2 Å². The Labute approximate surface area is 216 Å². The first-order chi connectivity index (χ1) is 17.3. The Bertz CT molecular complexity index is 1200. The van der Waals surface area contributed by atoms with E-state index in [0.717, 1.165) is 12.0 Å². The molecule has 8 heteroatoms. The van der Waals surface area contributed by atoms with Gasteiger partial charge in [-0.3, -0.25) is 19.7 Å². The molecule has 0 fully saturated rings. The van der Waals surface area contributed by atoms with Crippen molar-refractivity contribution in [3.05, 3.63) is 111 Å². The maximum atomic E-state index is 13.8. The van der Waals surface area contributed by atoms with Crippen LogP contribution in [0.25, 0.3) is 0 Å². The van der Waals surface area contributed by atoms with Crippen molar-refractivity contribution in [3.8, 4) is 0 Å². The van der Waals surface area contributed by atoms with Crippen LogP contribution in [0.2, 0.25) is 5.02 Å². The number of halogens is 1. The normalized spacial score (nSPS) is 12.4.